The number of carbonyl (C=O) groups excluding carboxylic acids is 1. The lowest BCUT2D eigenvalue weighted by Crippen LogP contribution is -2.44. The van der Waals surface area contributed by atoms with E-state index in [4.69, 9.17) is 0 Å². The molecule has 2 rings (SSSR count). The van der Waals surface area contributed by atoms with Gasteiger partial charge in [-0.1, -0.05) is 43.7 Å². The summed E-state index contributed by atoms with van der Waals surface area (Å²) in [4.78, 5) is 12.2. The third-order valence-electron chi connectivity index (χ3n) is 3.76. The van der Waals surface area contributed by atoms with Crippen LogP contribution in [-0.4, -0.2) is 36.0 Å². The van der Waals surface area contributed by atoms with Crippen LogP contribution in [0.1, 0.15) is 31.7 Å². The summed E-state index contributed by atoms with van der Waals surface area (Å²) in [6.45, 7) is 3.19. The van der Waals surface area contributed by atoms with Crippen LogP contribution >= 0.6 is 11.8 Å². The van der Waals surface area contributed by atoms with Crippen molar-refractivity contribution in [2.24, 2.45) is 0 Å². The normalized spacial score (nSPS) is 20.0. The summed E-state index contributed by atoms with van der Waals surface area (Å²) in [5.41, 5.74) is 1.29. The zero-order valence-corrected chi connectivity index (χ0v) is 13.6. The van der Waals surface area contributed by atoms with Gasteiger partial charge in [-0.3, -0.25) is 4.79 Å². The smallest absolute Gasteiger partial charge is 0.221 e. The second-order valence-electron chi connectivity index (χ2n) is 5.67. The van der Waals surface area contributed by atoms with Crippen LogP contribution in [0.3, 0.4) is 0 Å². The van der Waals surface area contributed by atoms with Gasteiger partial charge < -0.3 is 10.6 Å². The Morgan fingerprint density at radius 2 is 2.24 bits per heavy atom. The first kappa shape index (κ1) is 16.4. The Labute approximate surface area is 132 Å². The molecule has 2 unspecified atom stereocenters. The number of amides is 1. The highest BCUT2D eigenvalue weighted by Crippen LogP contribution is 2.11. The van der Waals surface area contributed by atoms with Crippen LogP contribution in [0.5, 0.6) is 0 Å². The topological polar surface area (TPSA) is 41.1 Å². The third kappa shape index (κ3) is 6.10. The maximum Gasteiger partial charge on any atom is 0.221 e. The summed E-state index contributed by atoms with van der Waals surface area (Å²) < 4.78 is 0. The van der Waals surface area contributed by atoms with Gasteiger partial charge in [0, 0.05) is 36.6 Å². The van der Waals surface area contributed by atoms with Crippen LogP contribution < -0.4 is 10.6 Å². The molecule has 1 aromatic carbocycles. The number of carbonyl (C=O) groups is 1. The Bertz CT molecular complexity index is 418. The van der Waals surface area contributed by atoms with Crippen LogP contribution in [0.2, 0.25) is 0 Å². The molecule has 0 spiro atoms. The van der Waals surface area contributed by atoms with Crippen LogP contribution in [0.15, 0.2) is 30.3 Å². The molecule has 2 N–H and O–H groups in total. The molecule has 1 heterocycles. The highest BCUT2D eigenvalue weighted by molar-refractivity contribution is 7.99. The average molecular weight is 306 g/mol. The van der Waals surface area contributed by atoms with Gasteiger partial charge in [0.25, 0.3) is 0 Å². The fraction of sp³-hybridized carbons (Fsp3) is 0.588. The molecule has 21 heavy (non-hydrogen) atoms. The quantitative estimate of drug-likeness (QED) is 0.813. The highest BCUT2D eigenvalue weighted by Gasteiger charge is 2.19. The first-order chi connectivity index (χ1) is 10.3. The van der Waals surface area contributed by atoms with Crippen molar-refractivity contribution in [2.75, 3.05) is 18.1 Å². The van der Waals surface area contributed by atoms with Crippen molar-refractivity contribution >= 4 is 17.7 Å². The second kappa shape index (κ2) is 9.11. The van der Waals surface area contributed by atoms with E-state index in [1.807, 2.05) is 17.8 Å². The Morgan fingerprint density at radius 3 is 2.90 bits per heavy atom. The number of hydrogen-bond acceptors (Lipinski definition) is 3. The summed E-state index contributed by atoms with van der Waals surface area (Å²) in [6.07, 6.45) is 3.65. The van der Waals surface area contributed by atoms with Gasteiger partial charge in [-0.05, 0) is 18.4 Å². The minimum absolute atomic E-state index is 0.185. The van der Waals surface area contributed by atoms with Gasteiger partial charge in [-0.25, -0.2) is 0 Å². The maximum atomic E-state index is 12.2. The summed E-state index contributed by atoms with van der Waals surface area (Å²) in [6, 6.07) is 11.0. The zero-order chi connectivity index (χ0) is 14.9. The predicted octanol–water partition coefficient (Wildman–Crippen LogP) is 2.61. The summed E-state index contributed by atoms with van der Waals surface area (Å²) in [7, 11) is 0. The predicted molar refractivity (Wildman–Crippen MR) is 90.7 cm³/mol. The fourth-order valence-electron chi connectivity index (χ4n) is 2.73. The number of benzene rings is 1. The van der Waals surface area contributed by atoms with E-state index in [2.05, 4.69) is 41.8 Å². The molecule has 116 valence electrons. The van der Waals surface area contributed by atoms with Gasteiger partial charge >= 0.3 is 0 Å². The molecule has 0 bridgehead atoms. The number of nitrogens with one attached hydrogen (secondary N) is 2. The van der Waals surface area contributed by atoms with Crippen molar-refractivity contribution in [1.82, 2.24) is 10.6 Å². The van der Waals surface area contributed by atoms with Crippen molar-refractivity contribution in [3.05, 3.63) is 35.9 Å². The Hall–Kier alpha value is -1.000. The highest BCUT2D eigenvalue weighted by atomic mass is 32.2. The minimum atomic E-state index is 0.185. The second-order valence-corrected chi connectivity index (χ2v) is 6.82. The van der Waals surface area contributed by atoms with Gasteiger partial charge in [-0.15, -0.1) is 0 Å². The largest absolute Gasteiger partial charge is 0.353 e. The van der Waals surface area contributed by atoms with Gasteiger partial charge in [0.1, 0.15) is 0 Å². The molecule has 1 amide bonds. The van der Waals surface area contributed by atoms with Crippen molar-refractivity contribution in [2.45, 2.75) is 44.7 Å². The van der Waals surface area contributed by atoms with E-state index < -0.39 is 0 Å². The van der Waals surface area contributed by atoms with E-state index >= 15 is 0 Å². The summed E-state index contributed by atoms with van der Waals surface area (Å²) in [5, 5.41) is 6.65. The molecule has 2 atom stereocenters. The number of hydrogen-bond donors (Lipinski definition) is 2. The lowest BCUT2D eigenvalue weighted by atomic mass is 10.0. The lowest BCUT2D eigenvalue weighted by molar-refractivity contribution is -0.122. The van der Waals surface area contributed by atoms with Crippen LogP contribution in [-0.2, 0) is 11.2 Å². The van der Waals surface area contributed by atoms with Gasteiger partial charge in [0.2, 0.25) is 5.91 Å². The standard InChI is InChI=1S/C17H26N2OS/c1-2-6-15(11-14-7-4-3-5-8-14)19-17(20)12-16-13-21-10-9-18-16/h3-5,7-8,15-16,18H,2,6,9-13H2,1H3,(H,19,20). The lowest BCUT2D eigenvalue weighted by Gasteiger charge is -2.24. The molecule has 1 fully saturated rings. The molecule has 0 saturated carbocycles. The zero-order valence-electron chi connectivity index (χ0n) is 12.8. The molecule has 1 aromatic rings. The Morgan fingerprint density at radius 1 is 1.43 bits per heavy atom. The Balaban J connectivity index is 1.82. The molecule has 1 saturated heterocycles. The van der Waals surface area contributed by atoms with Crippen molar-refractivity contribution in [3.63, 3.8) is 0 Å². The molecule has 0 aliphatic carbocycles. The van der Waals surface area contributed by atoms with Crippen molar-refractivity contribution < 1.29 is 4.79 Å². The molecule has 3 nitrogen and oxygen atoms in total. The number of rotatable bonds is 7. The SMILES string of the molecule is CCCC(Cc1ccccc1)NC(=O)CC1CSCCN1. The van der Waals surface area contributed by atoms with Crippen molar-refractivity contribution in [3.8, 4) is 0 Å². The van der Waals surface area contributed by atoms with E-state index in [-0.39, 0.29) is 11.9 Å². The molecular formula is C17H26N2OS. The Kier molecular flexibility index (Phi) is 7.10. The summed E-state index contributed by atoms with van der Waals surface area (Å²) in [5.74, 6) is 2.39. The summed E-state index contributed by atoms with van der Waals surface area (Å²) >= 11 is 1.93. The molecule has 0 radical (unpaired) electrons. The first-order valence-electron chi connectivity index (χ1n) is 7.92. The van der Waals surface area contributed by atoms with E-state index in [0.29, 0.717) is 12.5 Å². The monoisotopic (exact) mass is 306 g/mol. The minimum Gasteiger partial charge on any atom is -0.353 e. The fourth-order valence-corrected chi connectivity index (χ4v) is 3.68. The third-order valence-corrected chi connectivity index (χ3v) is 4.89. The molecule has 4 heteroatoms. The molecule has 1 aliphatic rings. The average Bonchev–Trinajstić information content (AvgIpc) is 2.49. The van der Waals surface area contributed by atoms with Crippen LogP contribution in [0.4, 0.5) is 0 Å². The number of thioether (sulfide) groups is 1. The van der Waals surface area contributed by atoms with Gasteiger partial charge in [-0.2, -0.15) is 11.8 Å². The van der Waals surface area contributed by atoms with E-state index in [9.17, 15) is 4.79 Å². The van der Waals surface area contributed by atoms with Crippen LogP contribution in [0.25, 0.3) is 0 Å². The van der Waals surface area contributed by atoms with E-state index in [1.165, 1.54) is 5.56 Å². The van der Waals surface area contributed by atoms with E-state index in [0.717, 1.165) is 37.3 Å². The van der Waals surface area contributed by atoms with E-state index in [1.54, 1.807) is 0 Å². The van der Waals surface area contributed by atoms with Crippen LogP contribution in [0, 0.1) is 0 Å². The first-order valence-corrected chi connectivity index (χ1v) is 9.07. The maximum absolute atomic E-state index is 12.2. The van der Waals surface area contributed by atoms with Crippen molar-refractivity contribution in [1.29, 1.82) is 0 Å². The van der Waals surface area contributed by atoms with Gasteiger partial charge in [0.05, 0.1) is 0 Å². The molecule has 1 aliphatic heterocycles. The molecular weight excluding hydrogens is 280 g/mol. The molecule has 0 aromatic heterocycles. The van der Waals surface area contributed by atoms with Gasteiger partial charge in [0.15, 0.2) is 0 Å².